The summed E-state index contributed by atoms with van der Waals surface area (Å²) >= 11 is 0. The first-order valence-corrected chi connectivity index (χ1v) is 10.4. The smallest absolute Gasteiger partial charge is 0.274 e. The van der Waals surface area contributed by atoms with Gasteiger partial charge in [0.2, 0.25) is 0 Å². The van der Waals surface area contributed by atoms with Crippen LogP contribution in [0.4, 0.5) is 4.39 Å². The van der Waals surface area contributed by atoms with Gasteiger partial charge in [-0.05, 0) is 48.9 Å². The fourth-order valence-corrected chi connectivity index (χ4v) is 3.38. The molecule has 0 aliphatic heterocycles. The molecular formula is C25H23FN4O3. The van der Waals surface area contributed by atoms with Crippen molar-refractivity contribution in [2.24, 2.45) is 0 Å². The van der Waals surface area contributed by atoms with Crippen LogP contribution in [-0.2, 0) is 0 Å². The van der Waals surface area contributed by atoms with Gasteiger partial charge in [-0.25, -0.2) is 9.07 Å². The summed E-state index contributed by atoms with van der Waals surface area (Å²) in [6.07, 6.45) is 0. The number of para-hydroxylation sites is 1. The standard InChI is InChI=1S/C25H23FN4O3/c1-17-24(28-29-30(17)19-12-14-20(32-2)15-13-19)25(31)27-22(18-8-4-3-5-9-18)16-33-23-11-7-6-10-21(23)26/h3-15,22H,16H2,1-2H3,(H,27,31). The van der Waals surface area contributed by atoms with Gasteiger partial charge in [0.1, 0.15) is 12.4 Å². The second-order valence-electron chi connectivity index (χ2n) is 7.31. The lowest BCUT2D eigenvalue weighted by Crippen LogP contribution is -2.33. The third-order valence-corrected chi connectivity index (χ3v) is 5.18. The zero-order chi connectivity index (χ0) is 23.2. The Bertz CT molecular complexity index is 1230. The van der Waals surface area contributed by atoms with Crippen LogP contribution in [0.3, 0.4) is 0 Å². The molecule has 1 unspecified atom stereocenters. The van der Waals surface area contributed by atoms with Crippen LogP contribution in [0.5, 0.6) is 11.5 Å². The van der Waals surface area contributed by atoms with Crippen molar-refractivity contribution >= 4 is 5.91 Å². The summed E-state index contributed by atoms with van der Waals surface area (Å²) < 4.78 is 26.4. The number of carbonyl (C=O) groups excluding carboxylic acids is 1. The van der Waals surface area contributed by atoms with E-state index in [0.29, 0.717) is 5.69 Å². The topological polar surface area (TPSA) is 78.3 Å². The second-order valence-corrected chi connectivity index (χ2v) is 7.31. The Morgan fingerprint density at radius 1 is 1.03 bits per heavy atom. The van der Waals surface area contributed by atoms with Crippen molar-refractivity contribution in [3.63, 3.8) is 0 Å². The highest BCUT2D eigenvalue weighted by Crippen LogP contribution is 2.21. The van der Waals surface area contributed by atoms with Crippen LogP contribution in [0.2, 0.25) is 0 Å². The fourth-order valence-electron chi connectivity index (χ4n) is 3.38. The van der Waals surface area contributed by atoms with Gasteiger partial charge in [-0.3, -0.25) is 4.79 Å². The van der Waals surface area contributed by atoms with E-state index in [0.717, 1.165) is 17.0 Å². The van der Waals surface area contributed by atoms with Gasteiger partial charge >= 0.3 is 0 Å². The molecular weight excluding hydrogens is 423 g/mol. The lowest BCUT2D eigenvalue weighted by molar-refractivity contribution is 0.0914. The number of methoxy groups -OCH3 is 1. The molecule has 0 aliphatic rings. The molecule has 0 saturated carbocycles. The summed E-state index contributed by atoms with van der Waals surface area (Å²) in [6, 6.07) is 22.3. The summed E-state index contributed by atoms with van der Waals surface area (Å²) in [5.74, 6) is -0.0310. The molecule has 4 rings (SSSR count). The third kappa shape index (κ3) is 5.01. The zero-order valence-electron chi connectivity index (χ0n) is 18.2. The Morgan fingerprint density at radius 3 is 2.42 bits per heavy atom. The molecule has 0 fully saturated rings. The predicted molar refractivity (Wildman–Crippen MR) is 121 cm³/mol. The summed E-state index contributed by atoms with van der Waals surface area (Å²) in [7, 11) is 1.59. The van der Waals surface area contributed by atoms with Gasteiger partial charge in [0.05, 0.1) is 24.5 Å². The normalized spacial score (nSPS) is 11.6. The van der Waals surface area contributed by atoms with E-state index >= 15 is 0 Å². The first kappa shape index (κ1) is 22.0. The van der Waals surface area contributed by atoms with Gasteiger partial charge in [0.25, 0.3) is 5.91 Å². The molecule has 1 atom stereocenters. The van der Waals surface area contributed by atoms with Gasteiger partial charge in [-0.2, -0.15) is 0 Å². The molecule has 1 amide bonds. The van der Waals surface area contributed by atoms with Crippen molar-refractivity contribution in [1.29, 1.82) is 0 Å². The van der Waals surface area contributed by atoms with E-state index in [-0.39, 0.29) is 18.1 Å². The molecule has 3 aromatic carbocycles. The molecule has 0 spiro atoms. The molecule has 0 saturated heterocycles. The van der Waals surface area contributed by atoms with Gasteiger partial charge < -0.3 is 14.8 Å². The number of halogens is 1. The number of hydrogen-bond donors (Lipinski definition) is 1. The van der Waals surface area contributed by atoms with Crippen LogP contribution in [-0.4, -0.2) is 34.6 Å². The van der Waals surface area contributed by atoms with Crippen molar-refractivity contribution in [1.82, 2.24) is 20.3 Å². The number of carbonyl (C=O) groups is 1. The third-order valence-electron chi connectivity index (χ3n) is 5.18. The zero-order valence-corrected chi connectivity index (χ0v) is 18.2. The van der Waals surface area contributed by atoms with Crippen molar-refractivity contribution in [2.45, 2.75) is 13.0 Å². The SMILES string of the molecule is COc1ccc(-n2nnc(C(=O)NC(COc3ccccc3F)c3ccccc3)c2C)cc1. The molecule has 0 aliphatic carbocycles. The highest BCUT2D eigenvalue weighted by molar-refractivity contribution is 5.93. The van der Waals surface area contributed by atoms with E-state index in [1.807, 2.05) is 54.6 Å². The Kier molecular flexibility index (Phi) is 6.64. The van der Waals surface area contributed by atoms with Gasteiger partial charge in [-0.15, -0.1) is 5.10 Å². The maximum atomic E-state index is 14.0. The minimum Gasteiger partial charge on any atom is -0.497 e. The quantitative estimate of drug-likeness (QED) is 0.437. The summed E-state index contributed by atoms with van der Waals surface area (Å²) in [6.45, 7) is 1.81. The number of aromatic nitrogens is 3. The Balaban J connectivity index is 1.54. The largest absolute Gasteiger partial charge is 0.497 e. The number of hydrogen-bond acceptors (Lipinski definition) is 5. The van der Waals surface area contributed by atoms with E-state index in [1.54, 1.807) is 36.9 Å². The van der Waals surface area contributed by atoms with E-state index in [4.69, 9.17) is 9.47 Å². The predicted octanol–water partition coefficient (Wildman–Crippen LogP) is 4.27. The second kappa shape index (κ2) is 9.95. The maximum Gasteiger partial charge on any atom is 0.274 e. The number of ether oxygens (including phenoxy) is 2. The molecule has 0 bridgehead atoms. The number of nitrogens with one attached hydrogen (secondary N) is 1. The molecule has 7 nitrogen and oxygen atoms in total. The lowest BCUT2D eigenvalue weighted by atomic mass is 10.1. The summed E-state index contributed by atoms with van der Waals surface area (Å²) in [5.41, 5.74) is 2.35. The average Bonchev–Trinajstić information content (AvgIpc) is 3.24. The van der Waals surface area contributed by atoms with Crippen LogP contribution in [0.15, 0.2) is 78.9 Å². The molecule has 1 N–H and O–H groups in total. The van der Waals surface area contributed by atoms with Crippen LogP contribution in [0.25, 0.3) is 5.69 Å². The van der Waals surface area contributed by atoms with Crippen molar-refractivity contribution in [3.05, 3.63) is 102 Å². The number of benzene rings is 3. The first-order valence-electron chi connectivity index (χ1n) is 10.4. The Labute approximate surface area is 190 Å². The van der Waals surface area contributed by atoms with Crippen molar-refractivity contribution < 1.29 is 18.7 Å². The molecule has 1 aromatic heterocycles. The Morgan fingerprint density at radius 2 is 1.73 bits per heavy atom. The van der Waals surface area contributed by atoms with E-state index in [9.17, 15) is 9.18 Å². The van der Waals surface area contributed by atoms with Gasteiger partial charge in [-0.1, -0.05) is 47.7 Å². The highest BCUT2D eigenvalue weighted by Gasteiger charge is 2.22. The van der Waals surface area contributed by atoms with Gasteiger partial charge in [0.15, 0.2) is 17.3 Å². The number of rotatable bonds is 8. The fraction of sp³-hybridized carbons (Fsp3) is 0.160. The highest BCUT2D eigenvalue weighted by atomic mass is 19.1. The van der Waals surface area contributed by atoms with Crippen LogP contribution < -0.4 is 14.8 Å². The minimum atomic E-state index is -0.524. The van der Waals surface area contributed by atoms with Crippen LogP contribution in [0.1, 0.15) is 27.8 Å². The van der Waals surface area contributed by atoms with E-state index in [2.05, 4.69) is 15.6 Å². The van der Waals surface area contributed by atoms with Crippen LogP contribution >= 0.6 is 0 Å². The molecule has 8 heteroatoms. The molecule has 168 valence electrons. The monoisotopic (exact) mass is 446 g/mol. The van der Waals surface area contributed by atoms with Crippen molar-refractivity contribution in [2.75, 3.05) is 13.7 Å². The Hall–Kier alpha value is -4.20. The van der Waals surface area contributed by atoms with Crippen molar-refractivity contribution in [3.8, 4) is 17.2 Å². The number of nitrogens with zero attached hydrogens (tertiary/aromatic N) is 3. The maximum absolute atomic E-state index is 14.0. The van der Waals surface area contributed by atoms with E-state index in [1.165, 1.54) is 6.07 Å². The first-order chi connectivity index (χ1) is 16.1. The molecule has 4 aromatic rings. The molecule has 0 radical (unpaired) electrons. The minimum absolute atomic E-state index is 0.0440. The van der Waals surface area contributed by atoms with E-state index < -0.39 is 17.8 Å². The van der Waals surface area contributed by atoms with Crippen LogP contribution in [0, 0.1) is 12.7 Å². The average molecular weight is 446 g/mol. The lowest BCUT2D eigenvalue weighted by Gasteiger charge is -2.19. The molecule has 1 heterocycles. The summed E-state index contributed by atoms with van der Waals surface area (Å²) in [4.78, 5) is 13.1. The number of amides is 1. The molecule has 33 heavy (non-hydrogen) atoms. The summed E-state index contributed by atoms with van der Waals surface area (Å²) in [5, 5.41) is 11.2. The van der Waals surface area contributed by atoms with Gasteiger partial charge in [0, 0.05) is 0 Å².